The Morgan fingerprint density at radius 2 is 0.441 bits per heavy atom. The average molecular weight is 1690 g/mol. The van der Waals surface area contributed by atoms with E-state index < -0.39 is 196 Å². The van der Waals surface area contributed by atoms with E-state index in [0.29, 0.717) is 51.4 Å². The monoisotopic (exact) mass is 1690 g/mol. The molecule has 0 fully saturated rings. The van der Waals surface area contributed by atoms with Crippen molar-refractivity contribution >= 4 is 83.6 Å². The lowest BCUT2D eigenvalue weighted by molar-refractivity contribution is -0.224. The average Bonchev–Trinajstić information content (AvgIpc) is 0.785. The van der Waals surface area contributed by atoms with Gasteiger partial charge in [-0.1, -0.05) is 261 Å². The first kappa shape index (κ1) is 111. The number of hydrogen-bond donors (Lipinski definition) is 1. The van der Waals surface area contributed by atoms with Crippen molar-refractivity contribution in [2.75, 3.05) is 73.2 Å². The number of carbonyl (C=O) groups excluding carboxylic acids is 13. The number of carbonyl (C=O) groups is 14. The lowest BCUT2D eigenvalue weighted by atomic mass is 9.90. The maximum Gasteiger partial charge on any atom is 0.351 e. The van der Waals surface area contributed by atoms with E-state index in [9.17, 15) is 48.3 Å². The second-order valence-electron chi connectivity index (χ2n) is 32.1. The minimum absolute atomic E-state index is 0.160. The second-order valence-corrected chi connectivity index (χ2v) is 32.1. The third kappa shape index (κ3) is 50.6. The van der Waals surface area contributed by atoms with Crippen molar-refractivity contribution < 1.29 is 139 Å². The third-order valence-electron chi connectivity index (χ3n) is 20.4. The molecule has 1 N–H and O–H groups in total. The van der Waals surface area contributed by atoms with Crippen LogP contribution in [0.15, 0.2) is 0 Å². The minimum Gasteiger partial charge on any atom is -0.478 e. The number of methoxy groups -OCH3 is 1. The molecule has 0 spiro atoms. The van der Waals surface area contributed by atoms with Gasteiger partial charge >= 0.3 is 83.6 Å². The maximum atomic E-state index is 16.1. The normalized spacial score (nSPS) is 12.7. The maximum absolute atomic E-state index is 16.1. The Balaban J connectivity index is 9.47. The van der Waals surface area contributed by atoms with Crippen LogP contribution in [-0.2, 0) is 133 Å². The summed E-state index contributed by atoms with van der Waals surface area (Å²) in [4.78, 5) is 200. The number of ether oxygens (including phenoxy) is 14. The highest BCUT2D eigenvalue weighted by Gasteiger charge is 2.57. The summed E-state index contributed by atoms with van der Waals surface area (Å²) < 4.78 is 80.2. The molecule has 0 saturated heterocycles. The van der Waals surface area contributed by atoms with Gasteiger partial charge in [0.2, 0.25) is 12.2 Å². The molecule has 0 aromatic heterocycles. The van der Waals surface area contributed by atoms with Crippen LogP contribution >= 0.6 is 0 Å². The second kappa shape index (κ2) is 67.2. The number of carboxylic acids is 1. The van der Waals surface area contributed by atoms with E-state index in [4.69, 9.17) is 66.3 Å². The molecule has 682 valence electrons. The quantitative estimate of drug-likeness (QED) is 0.0336. The molecular weight excluding hydrogens is 1530 g/mol. The van der Waals surface area contributed by atoms with Crippen LogP contribution in [0.1, 0.15) is 366 Å². The molecule has 4 unspecified atom stereocenters. The van der Waals surface area contributed by atoms with Crippen LogP contribution < -0.4 is 0 Å². The van der Waals surface area contributed by atoms with Gasteiger partial charge in [0.05, 0.1) is 6.61 Å². The van der Waals surface area contributed by atoms with Gasteiger partial charge < -0.3 is 71.4 Å². The van der Waals surface area contributed by atoms with Gasteiger partial charge in [-0.05, 0) is 53.4 Å². The van der Waals surface area contributed by atoms with Crippen molar-refractivity contribution in [2.24, 2.45) is 21.7 Å². The van der Waals surface area contributed by atoms with Gasteiger partial charge in [0.15, 0.2) is 12.2 Å². The molecule has 0 heterocycles. The van der Waals surface area contributed by atoms with Gasteiger partial charge in [-0.25, -0.2) is 9.59 Å². The molecule has 0 aliphatic carbocycles. The van der Waals surface area contributed by atoms with Crippen molar-refractivity contribution in [2.45, 2.75) is 390 Å². The van der Waals surface area contributed by atoms with Crippen LogP contribution in [0.4, 0.5) is 0 Å². The fourth-order valence-electron chi connectivity index (χ4n) is 12.0. The largest absolute Gasteiger partial charge is 0.478 e. The molecule has 0 aliphatic heterocycles. The molecule has 0 bridgehead atoms. The molecule has 0 amide bonds. The smallest absolute Gasteiger partial charge is 0.351 e. The highest BCUT2D eigenvalue weighted by Crippen LogP contribution is 2.34. The van der Waals surface area contributed by atoms with E-state index in [-0.39, 0.29) is 51.4 Å². The molecule has 0 rings (SSSR count). The molecule has 29 heteroatoms. The van der Waals surface area contributed by atoms with E-state index in [1.807, 2.05) is 0 Å². The highest BCUT2D eigenvalue weighted by atomic mass is 16.7. The van der Waals surface area contributed by atoms with E-state index in [0.717, 1.165) is 207 Å². The van der Waals surface area contributed by atoms with E-state index in [1.54, 1.807) is 0 Å². The van der Waals surface area contributed by atoms with Crippen molar-refractivity contribution in [3.63, 3.8) is 0 Å². The topological polar surface area (TPSA) is 388 Å². The summed E-state index contributed by atoms with van der Waals surface area (Å²) in [6.45, 7) is 9.50. The minimum atomic E-state index is -3.17. The van der Waals surface area contributed by atoms with Gasteiger partial charge in [-0.3, -0.25) is 57.5 Å². The summed E-state index contributed by atoms with van der Waals surface area (Å²) in [7, 11) is 1.21. The fourth-order valence-corrected chi connectivity index (χ4v) is 12.0. The Morgan fingerprint density at radius 3 is 0.653 bits per heavy atom. The molecular formula is C89H152O29. The summed E-state index contributed by atoms with van der Waals surface area (Å²) in [5.41, 5.74) is -9.68. The van der Waals surface area contributed by atoms with E-state index in [2.05, 4.69) is 27.7 Å². The number of aliphatic carboxylic acids is 1. The summed E-state index contributed by atoms with van der Waals surface area (Å²) in [5, 5.41) is 11.8. The number of rotatable bonds is 76. The van der Waals surface area contributed by atoms with Crippen molar-refractivity contribution in [1.82, 2.24) is 0 Å². The van der Waals surface area contributed by atoms with Crippen LogP contribution in [0.3, 0.4) is 0 Å². The first-order valence-corrected chi connectivity index (χ1v) is 44.4. The molecule has 4 atom stereocenters. The Bertz CT molecular complexity index is 2760. The van der Waals surface area contributed by atoms with Crippen molar-refractivity contribution in [3.8, 4) is 0 Å². The van der Waals surface area contributed by atoms with Crippen LogP contribution in [0.5, 0.6) is 0 Å². The third-order valence-corrected chi connectivity index (χ3v) is 20.4. The Kier molecular flexibility index (Phi) is 63.0. The van der Waals surface area contributed by atoms with Crippen molar-refractivity contribution in [3.05, 3.63) is 0 Å². The Labute approximate surface area is 703 Å². The first-order chi connectivity index (χ1) is 56.4. The number of carboxylic acid groups (broad SMARTS) is 1. The Hall–Kier alpha value is -7.46. The van der Waals surface area contributed by atoms with Crippen LogP contribution in [0.25, 0.3) is 0 Å². The predicted molar refractivity (Wildman–Crippen MR) is 439 cm³/mol. The van der Waals surface area contributed by atoms with Gasteiger partial charge in [0, 0.05) is 58.5 Å². The van der Waals surface area contributed by atoms with Gasteiger partial charge in [-0.2, -0.15) is 0 Å². The van der Waals surface area contributed by atoms with Crippen LogP contribution in [0.2, 0.25) is 0 Å². The molecule has 118 heavy (non-hydrogen) atoms. The molecule has 0 aliphatic rings. The lowest BCUT2D eigenvalue weighted by Gasteiger charge is -2.39. The van der Waals surface area contributed by atoms with Crippen LogP contribution in [-0.4, -0.2) is 186 Å². The molecule has 0 saturated carbocycles. The Morgan fingerprint density at radius 1 is 0.246 bits per heavy atom. The van der Waals surface area contributed by atoms with Gasteiger partial charge in [-0.15, -0.1) is 0 Å². The standard InChI is InChI=1S/C89H152O29/c1-14-22-26-30-34-38-42-46-50-54-72(94)111-64-88(11,65-112-73(95)55-51-47-43-39-35-31-27-23-15-2)82(101)115-76(78(80(98)99)117-84(103)86(9,60-107-68(90)18-5)61-108-69(91)19-6)77(79(81(100)106-59-58-105-13)118-85(104)87(10,62-109-70(92)20-7)63-110-71(93)21-8)116-83(102)89(12,66-113-74(96)56-52-48-44-40-36-32-28-24-16-3)67-114-75(97)57-53-49-45-41-37-33-29-25-17-4/h76-79H,14-67H2,1-13H3,(H,98,99). The summed E-state index contributed by atoms with van der Waals surface area (Å²) >= 11 is 0. The summed E-state index contributed by atoms with van der Waals surface area (Å²) in [6, 6.07) is 0. The predicted octanol–water partition coefficient (Wildman–Crippen LogP) is 16.6. The molecule has 0 radical (unpaired) electrons. The number of hydrogen-bond acceptors (Lipinski definition) is 28. The zero-order chi connectivity index (χ0) is 88.5. The van der Waals surface area contributed by atoms with Gasteiger partial charge in [0.25, 0.3) is 0 Å². The number of esters is 13. The van der Waals surface area contributed by atoms with E-state index in [1.165, 1.54) is 34.8 Å². The van der Waals surface area contributed by atoms with Crippen LogP contribution in [0, 0.1) is 21.7 Å². The lowest BCUT2D eigenvalue weighted by Crippen LogP contribution is -2.60. The van der Waals surface area contributed by atoms with Crippen molar-refractivity contribution in [1.29, 1.82) is 0 Å². The SMILES string of the molecule is CCCCCCCCCCCC(=O)OCC(C)(COC(=O)CCCCCCCCCCC)C(=O)OC(C(OC(=O)C(C)(COC(=O)CC)COC(=O)CC)C(=O)O)C(OC(=O)C(C)(COC(=O)CCCCCCCCCCC)COC(=O)CCCCCCCCCCC)C(OC(=O)C(C)(COC(=O)CC)COC(=O)CC)C(=O)OCCOC. The number of unbranched alkanes of at least 4 members (excludes halogenated alkanes) is 32. The highest BCUT2D eigenvalue weighted by molar-refractivity contribution is 5.87. The summed E-state index contributed by atoms with van der Waals surface area (Å²) in [5.74, 6) is -17.7. The summed E-state index contributed by atoms with van der Waals surface area (Å²) in [6.07, 6.45) is 18.3. The molecule has 0 aromatic rings. The molecule has 29 nitrogen and oxygen atoms in total. The molecule has 0 aromatic carbocycles. The zero-order valence-electron chi connectivity index (χ0n) is 74.4. The first-order valence-electron chi connectivity index (χ1n) is 44.4. The zero-order valence-corrected chi connectivity index (χ0v) is 74.4. The van der Waals surface area contributed by atoms with Gasteiger partial charge in [0.1, 0.15) is 81.1 Å². The van der Waals surface area contributed by atoms with E-state index >= 15 is 24.0 Å². The fraction of sp³-hybridized carbons (Fsp3) is 0.843.